The fraction of sp³-hybridized carbons (Fsp3) is 0.646. The maximum Gasteiger partial charge on any atom is 0.347 e. The standard InChI is InChI=1S/C65H95ClN4O16/c1-11-48(71)14-12-15-49(72)39-50(42(4)5)61(76)70-52(25-27-57(74)67-28-29-81-32-33-83-35-34-82-31-30-80-10)54(73)26-22-45-20-23-47(24-21-45)60-59(86-60)44(7)55-16-13-17-58(75)69-53(38-46-19-18-43(6)51(66)37-46)62(77)68-40-65(8,9)64(79)85-56(36-41(2)3)63(78)84-55/h13,17-21,23-24,37,41-42,44,50,52-53,55-56,59-60H,11-12,14-16,22,25-36,38-40H2,1-10H3,(H,67,74)(H,68,77)(H,69,75)(H,70,76)/b17-13+/t44-,50-,52-,53+,55-,56-,59+,60+/m0/s1. The molecule has 86 heavy (non-hydrogen) atoms. The first kappa shape index (κ1) is 72.6. The van der Waals surface area contributed by atoms with Gasteiger partial charge in [-0.25, -0.2) is 4.79 Å². The number of carbonyl (C=O) groups excluding carboxylic acids is 9. The molecule has 2 aromatic rings. The van der Waals surface area contributed by atoms with E-state index in [0.717, 1.165) is 16.7 Å². The second-order valence-electron chi connectivity index (χ2n) is 23.8. The van der Waals surface area contributed by atoms with E-state index < -0.39 is 77.3 Å². The first-order chi connectivity index (χ1) is 40.9. The van der Waals surface area contributed by atoms with Crippen LogP contribution in [0.15, 0.2) is 54.6 Å². The molecule has 2 aromatic carbocycles. The zero-order chi connectivity index (χ0) is 63.3. The third-order valence-electron chi connectivity index (χ3n) is 15.3. The first-order valence-electron chi connectivity index (χ1n) is 30.4. The highest BCUT2D eigenvalue weighted by molar-refractivity contribution is 6.31. The van der Waals surface area contributed by atoms with E-state index in [4.69, 9.17) is 44.8 Å². The molecule has 0 spiro atoms. The van der Waals surface area contributed by atoms with Gasteiger partial charge in [0.15, 0.2) is 11.9 Å². The van der Waals surface area contributed by atoms with Gasteiger partial charge >= 0.3 is 11.9 Å². The van der Waals surface area contributed by atoms with Crippen molar-refractivity contribution in [2.24, 2.45) is 29.1 Å². The van der Waals surface area contributed by atoms with E-state index in [0.29, 0.717) is 75.9 Å². The monoisotopic (exact) mass is 1220 g/mol. The summed E-state index contributed by atoms with van der Waals surface area (Å²) in [5, 5.41) is 11.8. The Labute approximate surface area is 513 Å². The average Bonchev–Trinajstić information content (AvgIpc) is 1.95. The zero-order valence-electron chi connectivity index (χ0n) is 52.2. The lowest BCUT2D eigenvalue weighted by atomic mass is 9.88. The molecule has 4 amide bonds. The van der Waals surface area contributed by atoms with Crippen LogP contribution in [-0.4, -0.2) is 150 Å². The fourth-order valence-electron chi connectivity index (χ4n) is 9.61. The van der Waals surface area contributed by atoms with Crippen LogP contribution in [0.3, 0.4) is 0 Å². The molecule has 8 atom stereocenters. The lowest BCUT2D eigenvalue weighted by Crippen LogP contribution is -2.51. The third kappa shape index (κ3) is 26.2. The van der Waals surface area contributed by atoms with Gasteiger partial charge in [0, 0.05) is 88.4 Å². The molecule has 4 rings (SSSR count). The first-order valence-corrected chi connectivity index (χ1v) is 30.8. The lowest BCUT2D eigenvalue weighted by molar-refractivity contribution is -0.179. The molecule has 1 fully saturated rings. The summed E-state index contributed by atoms with van der Waals surface area (Å²) in [6, 6.07) is 10.9. The van der Waals surface area contributed by atoms with Gasteiger partial charge in [0.25, 0.3) is 0 Å². The van der Waals surface area contributed by atoms with Crippen molar-refractivity contribution in [3.05, 3.63) is 81.9 Å². The summed E-state index contributed by atoms with van der Waals surface area (Å²) >= 11 is 6.41. The minimum Gasteiger partial charge on any atom is -0.459 e. The molecule has 2 aliphatic rings. The van der Waals surface area contributed by atoms with Crippen molar-refractivity contribution in [2.45, 2.75) is 176 Å². The molecule has 21 heteroatoms. The van der Waals surface area contributed by atoms with Crippen molar-refractivity contribution in [3.63, 3.8) is 0 Å². The molecule has 4 N–H and O–H groups in total. The van der Waals surface area contributed by atoms with E-state index >= 15 is 0 Å². The number of methoxy groups -OCH3 is 1. The van der Waals surface area contributed by atoms with Crippen molar-refractivity contribution >= 4 is 64.5 Å². The number of cyclic esters (lactones) is 2. The van der Waals surface area contributed by atoms with Gasteiger partial charge in [-0.05, 0) is 92.7 Å². The van der Waals surface area contributed by atoms with Gasteiger partial charge in [0.2, 0.25) is 23.6 Å². The molecule has 0 radical (unpaired) electrons. The second kappa shape index (κ2) is 37.7. The van der Waals surface area contributed by atoms with Crippen molar-refractivity contribution in [2.75, 3.05) is 66.4 Å². The van der Waals surface area contributed by atoms with E-state index in [1.807, 2.05) is 77.9 Å². The number of esters is 2. The van der Waals surface area contributed by atoms with Crippen LogP contribution in [0.4, 0.5) is 0 Å². The Balaban J connectivity index is 1.44. The topological polar surface area (TPSA) is 270 Å². The molecule has 0 aliphatic carbocycles. The van der Waals surface area contributed by atoms with Crippen molar-refractivity contribution in [3.8, 4) is 0 Å². The normalized spacial score (nSPS) is 20.6. The van der Waals surface area contributed by atoms with Crippen molar-refractivity contribution < 1.29 is 76.3 Å². The summed E-state index contributed by atoms with van der Waals surface area (Å²) in [5.41, 5.74) is 1.96. The van der Waals surface area contributed by atoms with Gasteiger partial charge in [-0.1, -0.05) is 95.6 Å². The van der Waals surface area contributed by atoms with E-state index in [-0.39, 0.29) is 112 Å². The van der Waals surface area contributed by atoms with Gasteiger partial charge in [0.1, 0.15) is 29.8 Å². The number of aryl methyl sites for hydroxylation is 2. The molecule has 1 saturated heterocycles. The number of halogens is 1. The van der Waals surface area contributed by atoms with Gasteiger partial charge < -0.3 is 54.4 Å². The maximum absolute atomic E-state index is 14.1. The molecule has 2 aliphatic heterocycles. The van der Waals surface area contributed by atoms with Crippen LogP contribution in [-0.2, 0) is 89.2 Å². The second-order valence-corrected chi connectivity index (χ2v) is 24.2. The largest absolute Gasteiger partial charge is 0.459 e. The van der Waals surface area contributed by atoms with Gasteiger partial charge in [-0.2, -0.15) is 0 Å². The predicted molar refractivity (Wildman–Crippen MR) is 324 cm³/mol. The predicted octanol–water partition coefficient (Wildman–Crippen LogP) is 7.38. The quantitative estimate of drug-likeness (QED) is 0.0294. The number of rotatable bonds is 36. The number of benzene rings is 2. The lowest BCUT2D eigenvalue weighted by Gasteiger charge is -2.29. The number of ether oxygens (including phenoxy) is 7. The molecule has 0 unspecified atom stereocenters. The number of hydrogen-bond acceptors (Lipinski definition) is 16. The van der Waals surface area contributed by atoms with Gasteiger partial charge in [-0.15, -0.1) is 0 Å². The minimum atomic E-state index is -1.27. The number of amides is 4. The summed E-state index contributed by atoms with van der Waals surface area (Å²) in [7, 11) is 1.60. The van der Waals surface area contributed by atoms with Gasteiger partial charge in [0.05, 0.1) is 63.8 Å². The van der Waals surface area contributed by atoms with Crippen LogP contribution in [0, 0.1) is 36.0 Å². The Morgan fingerprint density at radius 3 is 2.10 bits per heavy atom. The molecular weight excluding hydrogens is 1130 g/mol. The SMILES string of the molecule is CCC(=O)CCCC(=O)C[C@H](C(=O)N[C@@H](CCC(=O)NCCOCCOCCOCCOC)C(=O)CCc1ccc([C@H]2O[C@@H]2[C@@H](C)[C@@H]2C/C=C/C(=O)N[C@H](Cc3ccc(C)c(Cl)c3)C(=O)NCC(C)(C)C(=O)O[C@@H](CC(C)C)C(=O)O2)cc1)C(C)C. The van der Waals surface area contributed by atoms with E-state index in [1.54, 1.807) is 40.0 Å². The molecular formula is C65H95ClN4O16. The fourth-order valence-corrected chi connectivity index (χ4v) is 9.81. The highest BCUT2D eigenvalue weighted by atomic mass is 35.5. The highest BCUT2D eigenvalue weighted by Crippen LogP contribution is 2.45. The summed E-state index contributed by atoms with van der Waals surface area (Å²) in [4.78, 5) is 121. The molecule has 0 aromatic heterocycles. The van der Waals surface area contributed by atoms with Crippen LogP contribution < -0.4 is 21.3 Å². The van der Waals surface area contributed by atoms with E-state index in [9.17, 15) is 43.2 Å². The smallest absolute Gasteiger partial charge is 0.347 e. The Bertz CT molecular complexity index is 2570. The molecule has 20 nitrogen and oxygen atoms in total. The average molecular weight is 1220 g/mol. The summed E-state index contributed by atoms with van der Waals surface area (Å²) in [6.07, 6.45) is 1.90. The van der Waals surface area contributed by atoms with Crippen molar-refractivity contribution in [1.82, 2.24) is 21.3 Å². The summed E-state index contributed by atoms with van der Waals surface area (Å²) in [6.45, 7) is 19.0. The van der Waals surface area contributed by atoms with Crippen LogP contribution in [0.2, 0.25) is 5.02 Å². The number of epoxide rings is 1. The third-order valence-corrected chi connectivity index (χ3v) is 15.7. The van der Waals surface area contributed by atoms with E-state index in [2.05, 4.69) is 21.3 Å². The number of Topliss-reactive ketones (excluding diaryl/α,β-unsaturated/α-hetero) is 3. The molecule has 0 saturated carbocycles. The highest BCUT2D eigenvalue weighted by Gasteiger charge is 2.48. The van der Waals surface area contributed by atoms with E-state index in [1.165, 1.54) is 6.08 Å². The molecule has 2 heterocycles. The number of carbonyl (C=O) groups is 9. The van der Waals surface area contributed by atoms with Gasteiger partial charge in [-0.3, -0.25) is 38.4 Å². The Kier molecular flexibility index (Phi) is 31.8. The number of hydrogen-bond donors (Lipinski definition) is 4. The Hall–Kier alpha value is -5.90. The number of nitrogens with one attached hydrogen (secondary N) is 4. The summed E-state index contributed by atoms with van der Waals surface area (Å²) in [5.74, 6) is -5.12. The Morgan fingerprint density at radius 1 is 0.814 bits per heavy atom. The molecule has 0 bridgehead atoms. The van der Waals surface area contributed by atoms with Crippen LogP contribution in [0.25, 0.3) is 0 Å². The van der Waals surface area contributed by atoms with Crippen LogP contribution in [0.1, 0.15) is 148 Å². The summed E-state index contributed by atoms with van der Waals surface area (Å²) < 4.78 is 39.7. The maximum atomic E-state index is 14.1. The van der Waals surface area contributed by atoms with Crippen LogP contribution >= 0.6 is 11.6 Å². The van der Waals surface area contributed by atoms with Crippen molar-refractivity contribution in [1.29, 1.82) is 0 Å². The molecule has 478 valence electrons. The zero-order valence-corrected chi connectivity index (χ0v) is 53.0. The minimum absolute atomic E-state index is 0.0256. The Morgan fingerprint density at radius 2 is 1.47 bits per heavy atom. The number of ketones is 3. The van der Waals surface area contributed by atoms with Crippen LogP contribution in [0.5, 0.6) is 0 Å².